The summed E-state index contributed by atoms with van der Waals surface area (Å²) < 4.78 is 30.5. The maximum Gasteiger partial charge on any atom is 0.294 e. The Hall–Kier alpha value is -1.44. The lowest BCUT2D eigenvalue weighted by Gasteiger charge is -2.14. The minimum Gasteiger partial charge on any atom is -0.545 e. The molecular formula is C11H17NO5S. The van der Waals surface area contributed by atoms with Crippen LogP contribution in [0.3, 0.4) is 0 Å². The number of benzene rings is 1. The van der Waals surface area contributed by atoms with Crippen LogP contribution in [0.1, 0.15) is 10.4 Å². The van der Waals surface area contributed by atoms with E-state index in [-0.39, 0.29) is 10.5 Å². The Morgan fingerprint density at radius 1 is 1.11 bits per heavy atom. The molecule has 0 fully saturated rings. The van der Waals surface area contributed by atoms with Crippen LogP contribution in [-0.4, -0.2) is 51.6 Å². The number of carboxylic acid groups (broad SMARTS) is 1. The van der Waals surface area contributed by atoms with E-state index in [0.29, 0.717) is 0 Å². The average Bonchev–Trinajstić information content (AvgIpc) is 2.14. The first kappa shape index (κ1) is 16.6. The number of nitrogens with zero attached hydrogens (tertiary/aromatic N) is 1. The summed E-state index contributed by atoms with van der Waals surface area (Å²) in [5.41, 5.74) is -0.146. The molecule has 0 saturated carbocycles. The van der Waals surface area contributed by atoms with Gasteiger partial charge in [-0.25, -0.2) is 0 Å². The van der Waals surface area contributed by atoms with Crippen LogP contribution < -0.4 is 5.11 Å². The van der Waals surface area contributed by atoms with E-state index in [1.165, 1.54) is 0 Å². The van der Waals surface area contributed by atoms with E-state index >= 15 is 0 Å². The number of hydrogen-bond acceptors (Lipinski definition) is 4. The SMILES string of the molecule is C[N+](C)(C)C.O=C([O-])c1ccc(S(=O)(=O)O)cc1. The molecule has 0 bridgehead atoms. The quantitative estimate of drug-likeness (QED) is 0.586. The van der Waals surface area contributed by atoms with Gasteiger partial charge in [-0.05, 0) is 17.7 Å². The Kier molecular flexibility index (Phi) is 5.47. The second kappa shape index (κ2) is 5.94. The molecular weight excluding hydrogens is 258 g/mol. The highest BCUT2D eigenvalue weighted by Crippen LogP contribution is 2.09. The van der Waals surface area contributed by atoms with Crippen LogP contribution in [0.15, 0.2) is 29.2 Å². The van der Waals surface area contributed by atoms with Crippen molar-refractivity contribution in [2.45, 2.75) is 4.90 Å². The second-order valence-electron chi connectivity index (χ2n) is 4.97. The lowest BCUT2D eigenvalue weighted by Crippen LogP contribution is -2.27. The number of carboxylic acids is 1. The molecule has 102 valence electrons. The van der Waals surface area contributed by atoms with E-state index in [9.17, 15) is 18.3 Å². The van der Waals surface area contributed by atoms with Crippen LogP contribution in [0, 0.1) is 0 Å². The summed E-state index contributed by atoms with van der Waals surface area (Å²) in [6.45, 7) is 0. The zero-order valence-corrected chi connectivity index (χ0v) is 11.6. The predicted octanol–water partition coefficient (Wildman–Crippen LogP) is -0.381. The standard InChI is InChI=1S/C7H6O5S.C4H12N/c8-7(9)5-1-3-6(4-2-5)13(10,11)12;1-5(2,3)4/h1-4H,(H,8,9)(H,10,11,12);1-4H3/q;+1/p-1. The maximum atomic E-state index is 10.5. The van der Waals surface area contributed by atoms with Gasteiger partial charge < -0.3 is 14.4 Å². The van der Waals surface area contributed by atoms with Gasteiger partial charge in [0.05, 0.1) is 39.1 Å². The topological polar surface area (TPSA) is 94.5 Å². The second-order valence-corrected chi connectivity index (χ2v) is 6.39. The third kappa shape index (κ3) is 7.77. The average molecular weight is 275 g/mol. The van der Waals surface area contributed by atoms with Crippen molar-refractivity contribution in [1.82, 2.24) is 0 Å². The summed E-state index contributed by atoms with van der Waals surface area (Å²) in [5, 5.41) is 10.2. The summed E-state index contributed by atoms with van der Waals surface area (Å²) in [6.07, 6.45) is 0. The van der Waals surface area contributed by atoms with Crippen LogP contribution in [0.2, 0.25) is 0 Å². The van der Waals surface area contributed by atoms with Gasteiger partial charge in [0.1, 0.15) is 0 Å². The molecule has 6 nitrogen and oxygen atoms in total. The first-order valence-corrected chi connectivity index (χ1v) is 6.43. The summed E-state index contributed by atoms with van der Waals surface area (Å²) in [5.74, 6) is -1.40. The van der Waals surface area contributed by atoms with Crippen molar-refractivity contribution < 1.29 is 27.4 Å². The van der Waals surface area contributed by atoms with Crippen molar-refractivity contribution in [3.8, 4) is 0 Å². The van der Waals surface area contributed by atoms with Crippen LogP contribution in [-0.2, 0) is 10.1 Å². The molecule has 1 aromatic carbocycles. The highest BCUT2D eigenvalue weighted by atomic mass is 32.2. The van der Waals surface area contributed by atoms with Gasteiger partial charge >= 0.3 is 0 Å². The van der Waals surface area contributed by atoms with E-state index in [1.807, 2.05) is 0 Å². The zero-order valence-electron chi connectivity index (χ0n) is 10.7. The molecule has 1 N–H and O–H groups in total. The van der Waals surface area contributed by atoms with Crippen molar-refractivity contribution in [2.75, 3.05) is 28.2 Å². The number of hydrogen-bond donors (Lipinski definition) is 1. The van der Waals surface area contributed by atoms with Gasteiger partial charge in [-0.2, -0.15) is 8.42 Å². The molecule has 0 aliphatic rings. The molecule has 1 aromatic rings. The Labute approximate surface area is 107 Å². The first-order chi connectivity index (χ1) is 7.91. The van der Waals surface area contributed by atoms with E-state index in [4.69, 9.17) is 4.55 Å². The minimum atomic E-state index is -4.26. The van der Waals surface area contributed by atoms with Crippen molar-refractivity contribution >= 4 is 16.1 Å². The lowest BCUT2D eigenvalue weighted by atomic mass is 10.2. The highest BCUT2D eigenvalue weighted by molar-refractivity contribution is 7.85. The molecule has 7 heteroatoms. The van der Waals surface area contributed by atoms with E-state index in [1.54, 1.807) is 0 Å². The van der Waals surface area contributed by atoms with E-state index < -0.39 is 16.1 Å². The lowest BCUT2D eigenvalue weighted by molar-refractivity contribution is -0.849. The van der Waals surface area contributed by atoms with E-state index in [0.717, 1.165) is 28.7 Å². The van der Waals surface area contributed by atoms with Gasteiger partial charge in [0.15, 0.2) is 0 Å². The molecule has 1 rings (SSSR count). The molecule has 0 atom stereocenters. The van der Waals surface area contributed by atoms with Crippen molar-refractivity contribution in [1.29, 1.82) is 0 Å². The highest BCUT2D eigenvalue weighted by Gasteiger charge is 2.08. The Bertz CT molecular complexity index is 493. The predicted molar refractivity (Wildman–Crippen MR) is 64.5 cm³/mol. The van der Waals surface area contributed by atoms with Gasteiger partial charge in [-0.1, -0.05) is 12.1 Å². The van der Waals surface area contributed by atoms with Crippen molar-refractivity contribution in [3.05, 3.63) is 29.8 Å². The summed E-state index contributed by atoms with van der Waals surface area (Å²) in [7, 11) is 4.24. The normalized spacial score (nSPS) is 11.4. The number of carbonyl (C=O) groups excluding carboxylic acids is 1. The monoisotopic (exact) mass is 275 g/mol. The van der Waals surface area contributed by atoms with E-state index in [2.05, 4.69) is 28.2 Å². The van der Waals surface area contributed by atoms with Gasteiger partial charge in [0.2, 0.25) is 0 Å². The third-order valence-corrected chi connectivity index (χ3v) is 2.26. The van der Waals surface area contributed by atoms with Crippen LogP contribution in [0.25, 0.3) is 0 Å². The van der Waals surface area contributed by atoms with Crippen molar-refractivity contribution in [2.24, 2.45) is 0 Å². The molecule has 0 radical (unpaired) electrons. The molecule has 0 heterocycles. The third-order valence-electron chi connectivity index (χ3n) is 1.39. The Morgan fingerprint density at radius 2 is 1.44 bits per heavy atom. The Morgan fingerprint density at radius 3 is 1.67 bits per heavy atom. The molecule has 0 saturated heterocycles. The first-order valence-electron chi connectivity index (χ1n) is 4.99. The molecule has 0 aromatic heterocycles. The minimum absolute atomic E-state index is 0.146. The van der Waals surface area contributed by atoms with Gasteiger partial charge in [-0.3, -0.25) is 4.55 Å². The fraction of sp³-hybridized carbons (Fsp3) is 0.364. The largest absolute Gasteiger partial charge is 0.545 e. The van der Waals surface area contributed by atoms with Gasteiger partial charge in [0.25, 0.3) is 10.1 Å². The molecule has 18 heavy (non-hydrogen) atoms. The summed E-state index contributed by atoms with van der Waals surface area (Å²) in [4.78, 5) is 9.89. The number of carbonyl (C=O) groups is 1. The molecule has 0 unspecified atom stereocenters. The van der Waals surface area contributed by atoms with Crippen LogP contribution in [0.4, 0.5) is 0 Å². The smallest absolute Gasteiger partial charge is 0.294 e. The molecule has 0 aliphatic heterocycles. The molecule has 0 spiro atoms. The fourth-order valence-electron chi connectivity index (χ4n) is 0.763. The summed E-state index contributed by atoms with van der Waals surface area (Å²) >= 11 is 0. The molecule has 0 aliphatic carbocycles. The molecule has 0 amide bonds. The Balaban J connectivity index is 0.000000494. The zero-order chi connectivity index (χ0) is 14.6. The van der Waals surface area contributed by atoms with Crippen molar-refractivity contribution in [3.63, 3.8) is 0 Å². The van der Waals surface area contributed by atoms with Crippen LogP contribution >= 0.6 is 0 Å². The summed E-state index contributed by atoms with van der Waals surface area (Å²) in [6, 6.07) is 4.05. The van der Waals surface area contributed by atoms with Gasteiger partial charge in [-0.15, -0.1) is 0 Å². The van der Waals surface area contributed by atoms with Crippen LogP contribution in [0.5, 0.6) is 0 Å². The number of rotatable bonds is 2. The number of aromatic carboxylic acids is 1. The fourth-order valence-corrected chi connectivity index (χ4v) is 1.24. The van der Waals surface area contributed by atoms with Gasteiger partial charge in [0, 0.05) is 0 Å². The maximum absolute atomic E-state index is 10.5. The number of quaternary nitrogens is 1.